The molecule has 0 aliphatic carbocycles. The van der Waals surface area contributed by atoms with Crippen LogP contribution in [0.15, 0.2) is 48.7 Å². The van der Waals surface area contributed by atoms with Crippen LogP contribution in [0.5, 0.6) is 11.5 Å². The first-order valence-electron chi connectivity index (χ1n) is 8.39. The van der Waals surface area contributed by atoms with E-state index in [1.165, 1.54) is 22.0 Å². The normalized spacial score (nSPS) is 10.2. The van der Waals surface area contributed by atoms with Crippen LogP contribution in [0.1, 0.15) is 11.1 Å². The second kappa shape index (κ2) is 9.71. The number of nitrogens with one attached hydrogen (secondary N) is 1. The van der Waals surface area contributed by atoms with Crippen LogP contribution in [0.25, 0.3) is 10.9 Å². The van der Waals surface area contributed by atoms with E-state index in [-0.39, 0.29) is 0 Å². The number of para-hydroxylation sites is 1. The fourth-order valence-corrected chi connectivity index (χ4v) is 2.70. The molecule has 0 atom stereocenters. The second-order valence-corrected chi connectivity index (χ2v) is 5.63. The fourth-order valence-electron chi connectivity index (χ4n) is 2.70. The van der Waals surface area contributed by atoms with E-state index < -0.39 is 0 Å². The highest BCUT2D eigenvalue weighted by Crippen LogP contribution is 2.27. The highest BCUT2D eigenvalue weighted by molar-refractivity contribution is 5.83. The molecule has 0 amide bonds. The third kappa shape index (κ3) is 4.98. The smallest absolute Gasteiger partial charge is 0.160 e. The molecule has 0 radical (unpaired) electrons. The van der Waals surface area contributed by atoms with Crippen LogP contribution in [-0.4, -0.2) is 32.3 Å². The van der Waals surface area contributed by atoms with E-state index in [1.807, 2.05) is 30.5 Å². The average molecular weight is 341 g/mol. The molecule has 5 nitrogen and oxygen atoms in total. The van der Waals surface area contributed by atoms with E-state index in [1.54, 1.807) is 14.2 Å². The van der Waals surface area contributed by atoms with Gasteiger partial charge in [0.05, 0.1) is 14.2 Å². The lowest BCUT2D eigenvalue weighted by Crippen LogP contribution is -2.03. The first-order chi connectivity index (χ1) is 12.2. The molecule has 5 heteroatoms. The van der Waals surface area contributed by atoms with Crippen molar-refractivity contribution in [2.24, 2.45) is 11.5 Å². The molecule has 134 valence electrons. The minimum Gasteiger partial charge on any atom is -0.493 e. The molecule has 0 saturated heterocycles. The Morgan fingerprint density at radius 2 is 1.60 bits per heavy atom. The molecule has 0 aliphatic heterocycles. The van der Waals surface area contributed by atoms with Crippen LogP contribution in [0.4, 0.5) is 0 Å². The van der Waals surface area contributed by atoms with Gasteiger partial charge in [-0.25, -0.2) is 0 Å². The molecule has 0 aliphatic rings. The lowest BCUT2D eigenvalue weighted by atomic mass is 10.1. The van der Waals surface area contributed by atoms with Gasteiger partial charge in [-0.2, -0.15) is 0 Å². The fraction of sp³-hybridized carbons (Fsp3) is 0.300. The number of hydrogen-bond acceptors (Lipinski definition) is 4. The molecular formula is C20H27N3O2. The number of methoxy groups -OCH3 is 2. The molecule has 0 bridgehead atoms. The van der Waals surface area contributed by atoms with Crippen molar-refractivity contribution in [3.05, 3.63) is 59.8 Å². The Morgan fingerprint density at radius 1 is 0.880 bits per heavy atom. The number of fused-ring (bicyclic) bond motifs is 1. The van der Waals surface area contributed by atoms with Crippen molar-refractivity contribution in [3.8, 4) is 11.5 Å². The first-order valence-corrected chi connectivity index (χ1v) is 8.39. The van der Waals surface area contributed by atoms with Gasteiger partial charge in [0.25, 0.3) is 0 Å². The highest BCUT2D eigenvalue weighted by atomic mass is 16.5. The standard InChI is InChI=1S/C10H12N2.C10H15NO2/c11-6-5-8-7-12-10-4-2-1-3-9(8)10;1-12-9-4-3-8(5-6-11)7-10(9)13-2/h1-4,7,12H,5-6,11H2;3-4,7H,5-6,11H2,1-2H3. The minimum atomic E-state index is 0.648. The summed E-state index contributed by atoms with van der Waals surface area (Å²) in [7, 11) is 3.25. The van der Waals surface area contributed by atoms with Gasteiger partial charge in [0.15, 0.2) is 11.5 Å². The number of hydrogen-bond donors (Lipinski definition) is 3. The first kappa shape index (κ1) is 18.8. The number of H-pyrrole nitrogens is 1. The maximum absolute atomic E-state index is 5.50. The predicted molar refractivity (Wildman–Crippen MR) is 103 cm³/mol. The Balaban J connectivity index is 0.000000181. The number of aromatic nitrogens is 1. The number of ether oxygens (including phenoxy) is 2. The summed E-state index contributed by atoms with van der Waals surface area (Å²) in [6.45, 7) is 1.36. The molecule has 1 heterocycles. The molecule has 25 heavy (non-hydrogen) atoms. The van der Waals surface area contributed by atoms with Crippen molar-refractivity contribution < 1.29 is 9.47 Å². The summed E-state index contributed by atoms with van der Waals surface area (Å²) >= 11 is 0. The number of rotatable bonds is 6. The zero-order chi connectivity index (χ0) is 18.1. The molecular weight excluding hydrogens is 314 g/mol. The second-order valence-electron chi connectivity index (χ2n) is 5.63. The average Bonchev–Trinajstić information content (AvgIpc) is 3.06. The number of nitrogens with two attached hydrogens (primary N) is 2. The van der Waals surface area contributed by atoms with E-state index in [2.05, 4.69) is 23.2 Å². The summed E-state index contributed by atoms with van der Waals surface area (Å²) in [5, 5.41) is 1.29. The molecule has 0 fully saturated rings. The van der Waals surface area contributed by atoms with Gasteiger partial charge >= 0.3 is 0 Å². The van der Waals surface area contributed by atoms with Gasteiger partial charge in [0.2, 0.25) is 0 Å². The van der Waals surface area contributed by atoms with Crippen molar-refractivity contribution in [1.82, 2.24) is 4.98 Å². The SMILES string of the molecule is COc1ccc(CCN)cc1OC.NCCc1c[nH]c2ccccc12. The van der Waals surface area contributed by atoms with Crippen molar-refractivity contribution >= 4 is 10.9 Å². The Bertz CT molecular complexity index is 783. The summed E-state index contributed by atoms with van der Waals surface area (Å²) in [5.41, 5.74) is 14.6. The van der Waals surface area contributed by atoms with Gasteiger partial charge < -0.3 is 25.9 Å². The molecule has 3 rings (SSSR count). The van der Waals surface area contributed by atoms with E-state index in [0.717, 1.165) is 24.3 Å². The summed E-state index contributed by atoms with van der Waals surface area (Å²) in [4.78, 5) is 3.22. The van der Waals surface area contributed by atoms with Crippen molar-refractivity contribution in [3.63, 3.8) is 0 Å². The predicted octanol–water partition coefficient (Wildman–Crippen LogP) is 2.87. The van der Waals surface area contributed by atoms with Crippen molar-refractivity contribution in [1.29, 1.82) is 0 Å². The van der Waals surface area contributed by atoms with Crippen LogP contribution in [0.3, 0.4) is 0 Å². The third-order valence-electron chi connectivity index (χ3n) is 3.97. The summed E-state index contributed by atoms with van der Waals surface area (Å²) in [5.74, 6) is 1.51. The quantitative estimate of drug-likeness (QED) is 0.643. The molecule has 5 N–H and O–H groups in total. The maximum atomic E-state index is 5.50. The van der Waals surface area contributed by atoms with E-state index in [9.17, 15) is 0 Å². The Kier molecular flexibility index (Phi) is 7.32. The minimum absolute atomic E-state index is 0.648. The monoisotopic (exact) mass is 341 g/mol. The zero-order valence-electron chi connectivity index (χ0n) is 14.9. The van der Waals surface area contributed by atoms with E-state index >= 15 is 0 Å². The number of benzene rings is 2. The largest absolute Gasteiger partial charge is 0.493 e. The van der Waals surface area contributed by atoms with Gasteiger partial charge in [-0.3, -0.25) is 0 Å². The Hall–Kier alpha value is -2.50. The van der Waals surface area contributed by atoms with E-state index in [0.29, 0.717) is 13.1 Å². The maximum Gasteiger partial charge on any atom is 0.160 e. The molecule has 2 aromatic carbocycles. The van der Waals surface area contributed by atoms with Gasteiger partial charge in [-0.15, -0.1) is 0 Å². The van der Waals surface area contributed by atoms with Crippen molar-refractivity contribution in [2.45, 2.75) is 12.8 Å². The van der Waals surface area contributed by atoms with Crippen LogP contribution in [-0.2, 0) is 12.8 Å². The van der Waals surface area contributed by atoms with Gasteiger partial charge in [-0.05, 0) is 55.3 Å². The van der Waals surface area contributed by atoms with Gasteiger partial charge in [0.1, 0.15) is 0 Å². The molecule has 0 saturated carbocycles. The third-order valence-corrected chi connectivity index (χ3v) is 3.97. The van der Waals surface area contributed by atoms with E-state index in [4.69, 9.17) is 20.9 Å². The highest BCUT2D eigenvalue weighted by Gasteiger charge is 2.03. The summed E-state index contributed by atoms with van der Waals surface area (Å²) in [6.07, 6.45) is 3.85. The molecule has 1 aromatic heterocycles. The van der Waals surface area contributed by atoms with Crippen LogP contribution < -0.4 is 20.9 Å². The molecule has 0 spiro atoms. The lowest BCUT2D eigenvalue weighted by molar-refractivity contribution is 0.354. The summed E-state index contributed by atoms with van der Waals surface area (Å²) < 4.78 is 10.3. The number of aromatic amines is 1. The van der Waals surface area contributed by atoms with Crippen LogP contribution in [0, 0.1) is 0 Å². The van der Waals surface area contributed by atoms with Crippen LogP contribution in [0.2, 0.25) is 0 Å². The van der Waals surface area contributed by atoms with Gasteiger partial charge in [-0.1, -0.05) is 24.3 Å². The molecule has 3 aromatic rings. The summed E-state index contributed by atoms with van der Waals surface area (Å²) in [6, 6.07) is 14.1. The van der Waals surface area contributed by atoms with Gasteiger partial charge in [0, 0.05) is 17.1 Å². The Morgan fingerprint density at radius 3 is 2.28 bits per heavy atom. The zero-order valence-corrected chi connectivity index (χ0v) is 14.9. The van der Waals surface area contributed by atoms with Crippen LogP contribution >= 0.6 is 0 Å². The topological polar surface area (TPSA) is 86.3 Å². The lowest BCUT2D eigenvalue weighted by Gasteiger charge is -2.08. The Labute approximate surface area is 148 Å². The molecule has 0 unspecified atom stereocenters. The van der Waals surface area contributed by atoms with Crippen molar-refractivity contribution in [2.75, 3.05) is 27.3 Å².